The summed E-state index contributed by atoms with van der Waals surface area (Å²) in [6.45, 7) is 39.6. The number of rotatable bonds is 4. The molecule has 0 aliphatic carbocycles. The Morgan fingerprint density at radius 3 is 0.914 bits per heavy atom. The molecular weight excluding hydrogens is 839 g/mol. The average molecular weight is 913 g/mol. The van der Waals surface area contributed by atoms with Crippen LogP contribution in [0.15, 0.2) is 84.9 Å². The van der Waals surface area contributed by atoms with Gasteiger partial charge in [0.25, 0.3) is 0 Å². The number of hydrogen-bond acceptors (Lipinski definition) is 0. The van der Waals surface area contributed by atoms with E-state index < -0.39 is 0 Å². The summed E-state index contributed by atoms with van der Waals surface area (Å²) in [7, 11) is 0. The van der Waals surface area contributed by atoms with Crippen LogP contribution in [0.1, 0.15) is 141 Å². The van der Waals surface area contributed by atoms with Crippen LogP contribution in [-0.2, 0) is 57.8 Å². The maximum atomic E-state index is 3.06. The molecule has 0 heterocycles. The van der Waals surface area contributed by atoms with Gasteiger partial charge in [-0.05, 0) is 67.9 Å². The van der Waals surface area contributed by atoms with Gasteiger partial charge in [0.1, 0.15) is 0 Å². The van der Waals surface area contributed by atoms with Gasteiger partial charge in [0.15, 0.2) is 0 Å². The summed E-state index contributed by atoms with van der Waals surface area (Å²) in [6, 6.07) is 33.2. The van der Waals surface area contributed by atoms with Crippen LogP contribution in [-0.4, -0.2) is 6.88 Å². The van der Waals surface area contributed by atoms with Gasteiger partial charge in [-0.15, -0.1) is 81.8 Å². The fourth-order valence-electron chi connectivity index (χ4n) is 7.25. The first-order valence-corrected chi connectivity index (χ1v) is 24.1. The predicted octanol–water partition coefficient (Wildman–Crippen LogP) is 16.7. The molecule has 0 nitrogen and oxygen atoms in total. The second-order valence-electron chi connectivity index (χ2n) is 19.7. The number of benzene rings is 4. The third-order valence-electron chi connectivity index (χ3n) is 10.8. The van der Waals surface area contributed by atoms with Gasteiger partial charge < -0.3 is 14.9 Å². The van der Waals surface area contributed by atoms with Crippen molar-refractivity contribution in [1.29, 1.82) is 0 Å². The molecule has 316 valence electrons. The summed E-state index contributed by atoms with van der Waals surface area (Å²) in [6.07, 6.45) is 2.14. The molecule has 0 atom stereocenters. The molecule has 6 aromatic carbocycles. The van der Waals surface area contributed by atoms with E-state index in [1.165, 1.54) is 112 Å². The van der Waals surface area contributed by atoms with Crippen molar-refractivity contribution in [3.63, 3.8) is 0 Å². The Morgan fingerprint density at radius 1 is 0.431 bits per heavy atom. The van der Waals surface area contributed by atoms with E-state index in [4.69, 9.17) is 0 Å². The number of aryl methyl sites for hydroxylation is 4. The van der Waals surface area contributed by atoms with Crippen molar-refractivity contribution in [3.8, 4) is 22.3 Å². The van der Waals surface area contributed by atoms with Crippen LogP contribution < -0.4 is 0 Å². The second kappa shape index (κ2) is 21.5. The molecule has 6 rings (SSSR count). The van der Waals surface area contributed by atoms with Gasteiger partial charge in [-0.25, -0.2) is 0 Å². The summed E-state index contributed by atoms with van der Waals surface area (Å²) in [4.78, 5) is 0. The van der Waals surface area contributed by atoms with Crippen molar-refractivity contribution in [2.24, 2.45) is 0 Å². The maximum absolute atomic E-state index is 3.06. The Hall–Kier alpha value is -2.22. The molecule has 0 unspecified atom stereocenters. The zero-order valence-corrected chi connectivity index (χ0v) is 44.4. The van der Waals surface area contributed by atoms with E-state index >= 15 is 0 Å². The normalized spacial score (nSPS) is 11.5. The van der Waals surface area contributed by atoms with E-state index in [9.17, 15) is 0 Å². The fourth-order valence-corrected chi connectivity index (χ4v) is 7.25. The van der Waals surface area contributed by atoms with Crippen LogP contribution in [0.25, 0.3) is 43.8 Å². The van der Waals surface area contributed by atoms with Crippen molar-refractivity contribution >= 4 is 53.2 Å². The minimum absolute atomic E-state index is 0. The van der Waals surface area contributed by atoms with Gasteiger partial charge in [0.2, 0.25) is 0 Å². The molecule has 0 N–H and O–H groups in total. The quantitative estimate of drug-likeness (QED) is 0.122. The van der Waals surface area contributed by atoms with Crippen molar-refractivity contribution in [2.75, 3.05) is 0 Å². The van der Waals surface area contributed by atoms with Gasteiger partial charge in [0.05, 0.1) is 0 Å². The molecule has 0 amide bonds. The number of hydrogen-bond donors (Lipinski definition) is 0. The van der Waals surface area contributed by atoms with E-state index in [0.29, 0.717) is 0 Å². The Balaban J connectivity index is 0.00000101. The molecule has 58 heavy (non-hydrogen) atoms. The SMILES string of the molecule is CCc1cc(-c2cc(C(C)(C)C)cc(C(C)(C)C)c2)c2cc(C)[cH-]c2c1.CCc1cc(-c2cc(C(C)(C)C)cc(C(C)(C)C)c2)c2cc(C)[cH-]c2c1.Cl.Cl.[CH3-].[CH3-].[Si]=[Zr]. The van der Waals surface area contributed by atoms with E-state index in [2.05, 4.69) is 203 Å². The molecule has 0 saturated heterocycles. The molecule has 0 aliphatic heterocycles. The third-order valence-corrected chi connectivity index (χ3v) is 10.8. The van der Waals surface area contributed by atoms with Crippen LogP contribution in [0.5, 0.6) is 0 Å². The number of fused-ring (bicyclic) bond motifs is 2. The van der Waals surface area contributed by atoms with Crippen molar-refractivity contribution < 1.29 is 23.3 Å². The summed E-state index contributed by atoms with van der Waals surface area (Å²) in [5.41, 5.74) is 17.2. The van der Waals surface area contributed by atoms with E-state index in [-0.39, 0.29) is 61.3 Å². The predicted molar refractivity (Wildman–Crippen MR) is 266 cm³/mol. The standard InChI is InChI=1S/2C26H33.2CH3.2ClH.Si.Zr/c2*1-9-18-12-19-10-17(2)11-23(19)24(13-18)20-14-21(25(3,4)5)16-22(15-20)26(6,7)8;;;;;;/h2*10-16H,9H2,1-8H3;2*1H3;2*1H;;/q4*-1;;;;. The first-order chi connectivity index (χ1) is 25.0. The Morgan fingerprint density at radius 2 is 0.690 bits per heavy atom. The zero-order valence-electron chi connectivity index (χ0n) is 39.3. The van der Waals surface area contributed by atoms with Crippen LogP contribution in [0.3, 0.4) is 0 Å². The van der Waals surface area contributed by atoms with Gasteiger partial charge in [0, 0.05) is 0 Å². The number of halogens is 2. The van der Waals surface area contributed by atoms with Gasteiger partial charge in [-0.1, -0.05) is 182 Å². The summed E-state index contributed by atoms with van der Waals surface area (Å²) in [5, 5.41) is 5.50. The molecule has 4 heteroatoms. The average Bonchev–Trinajstić information content (AvgIpc) is 3.66. The van der Waals surface area contributed by atoms with Gasteiger partial charge in [-0.2, -0.15) is 12.1 Å². The van der Waals surface area contributed by atoms with E-state index in [1.807, 2.05) is 0 Å². The van der Waals surface area contributed by atoms with Crippen LogP contribution >= 0.6 is 24.8 Å². The summed E-state index contributed by atoms with van der Waals surface area (Å²) in [5.74, 6) is 0. The minimum atomic E-state index is 0. The molecule has 0 saturated carbocycles. The van der Waals surface area contributed by atoms with Crippen LogP contribution in [0.4, 0.5) is 0 Å². The first kappa shape index (κ1) is 55.8. The topological polar surface area (TPSA) is 0 Å². The van der Waals surface area contributed by atoms with Gasteiger partial charge in [-0.3, -0.25) is 0 Å². The Kier molecular flexibility index (Phi) is 20.7. The molecule has 0 aromatic heterocycles. The van der Waals surface area contributed by atoms with Crippen LogP contribution in [0.2, 0.25) is 0 Å². The van der Waals surface area contributed by atoms with E-state index in [1.54, 1.807) is 0 Å². The fraction of sp³-hybridized carbons (Fsp3) is 0.407. The molecule has 0 fully saturated rings. The third kappa shape index (κ3) is 13.4. The molecule has 0 spiro atoms. The second-order valence-corrected chi connectivity index (χ2v) is 19.7. The summed E-state index contributed by atoms with van der Waals surface area (Å²) < 4.78 is 0. The van der Waals surface area contributed by atoms with Crippen LogP contribution in [0, 0.1) is 28.7 Å². The van der Waals surface area contributed by atoms with E-state index in [0.717, 1.165) is 12.8 Å². The molecular formula is C54H74Cl2SiZr-4. The first-order valence-electron chi connectivity index (χ1n) is 20.0. The summed E-state index contributed by atoms with van der Waals surface area (Å²) >= 11 is 1.36. The monoisotopic (exact) mass is 910 g/mol. The molecule has 6 aromatic rings. The van der Waals surface area contributed by atoms with Crippen molar-refractivity contribution in [3.05, 3.63) is 144 Å². The Labute approximate surface area is 385 Å². The molecule has 0 aliphatic rings. The Bertz CT molecular complexity index is 2010. The zero-order chi connectivity index (χ0) is 40.6. The van der Waals surface area contributed by atoms with Gasteiger partial charge >= 0.3 is 30.2 Å². The molecule has 0 bridgehead atoms. The van der Waals surface area contributed by atoms with Crippen molar-refractivity contribution in [2.45, 2.75) is 145 Å². The van der Waals surface area contributed by atoms with Crippen molar-refractivity contribution in [1.82, 2.24) is 0 Å². The molecule has 2 radical (unpaired) electrons.